The lowest BCUT2D eigenvalue weighted by atomic mass is 9.76. The number of amides is 4. The lowest BCUT2D eigenvalue weighted by Crippen LogP contribution is -2.61. The van der Waals surface area contributed by atoms with Crippen LogP contribution in [0.4, 0.5) is 4.79 Å². The van der Waals surface area contributed by atoms with Crippen LogP contribution in [0.3, 0.4) is 0 Å². The fraction of sp³-hybridized carbons (Fsp3) is 0.842. The first-order valence-electron chi connectivity index (χ1n) is 18.4. The van der Waals surface area contributed by atoms with E-state index in [0.717, 1.165) is 25.7 Å². The molecule has 1 saturated carbocycles. The summed E-state index contributed by atoms with van der Waals surface area (Å²) in [6.45, 7) is 22.6. The van der Waals surface area contributed by atoms with Crippen LogP contribution < -0.4 is 21.3 Å². The smallest absolute Gasteiger partial charge is 0.315 e. The number of hydrogen-bond acceptors (Lipinski definition) is 6. The third kappa shape index (κ3) is 13.0. The third-order valence-corrected chi connectivity index (χ3v) is 9.95. The number of ketones is 2. The number of aliphatic carboxylic acids is 1. The Labute approximate surface area is 295 Å². The number of rotatable bonds is 18. The van der Waals surface area contributed by atoms with Gasteiger partial charge in [-0.3, -0.25) is 24.0 Å². The molecule has 0 bridgehead atoms. The molecule has 4 atom stereocenters. The SMILES string of the molecule is CCCC(CCC)NC(=O)NC(C(=O)CC(CC(=O)C(C)(C)C)C(=O)NC(C(=O)NC(CC)C(C)(C)C)C1(C(=O)O)CCCC1)C(C)(C)C. The molecular formula is C38H68N4O7. The van der Waals surface area contributed by atoms with Crippen LogP contribution in [0.2, 0.25) is 0 Å². The van der Waals surface area contributed by atoms with E-state index in [2.05, 4.69) is 21.3 Å². The number of urea groups is 1. The van der Waals surface area contributed by atoms with Gasteiger partial charge in [-0.15, -0.1) is 0 Å². The Kier molecular flexibility index (Phi) is 16.5. The van der Waals surface area contributed by atoms with Crippen molar-refractivity contribution in [2.75, 3.05) is 0 Å². The minimum Gasteiger partial charge on any atom is -0.481 e. The van der Waals surface area contributed by atoms with Crippen LogP contribution in [-0.4, -0.2) is 64.7 Å². The minimum atomic E-state index is -1.53. The van der Waals surface area contributed by atoms with Gasteiger partial charge in [0.25, 0.3) is 0 Å². The van der Waals surface area contributed by atoms with Gasteiger partial charge < -0.3 is 26.4 Å². The van der Waals surface area contributed by atoms with Crippen LogP contribution >= 0.6 is 0 Å². The summed E-state index contributed by atoms with van der Waals surface area (Å²) in [6, 6.07) is -3.19. The Bertz CT molecular complexity index is 1150. The zero-order valence-electron chi connectivity index (χ0n) is 32.6. The largest absolute Gasteiger partial charge is 0.481 e. The number of hydrogen-bond donors (Lipinski definition) is 5. The number of Topliss-reactive ketones (excluding diaryl/α,β-unsaturated/α-hetero) is 2. The van der Waals surface area contributed by atoms with Gasteiger partial charge in [0.1, 0.15) is 11.8 Å². The van der Waals surface area contributed by atoms with E-state index in [1.54, 1.807) is 20.8 Å². The first kappa shape index (κ1) is 44.0. The van der Waals surface area contributed by atoms with E-state index in [1.807, 2.05) is 62.3 Å². The van der Waals surface area contributed by atoms with Gasteiger partial charge in [0.15, 0.2) is 5.78 Å². The molecule has 1 aliphatic carbocycles. The molecule has 11 heteroatoms. The van der Waals surface area contributed by atoms with E-state index in [-0.39, 0.29) is 49.0 Å². The van der Waals surface area contributed by atoms with E-state index in [4.69, 9.17) is 0 Å². The molecule has 1 aliphatic rings. The van der Waals surface area contributed by atoms with Gasteiger partial charge in [-0.1, -0.05) is 109 Å². The summed E-state index contributed by atoms with van der Waals surface area (Å²) in [5, 5.41) is 22.1. The maximum absolute atomic E-state index is 14.2. The molecule has 0 radical (unpaired) electrons. The summed E-state index contributed by atoms with van der Waals surface area (Å²) in [4.78, 5) is 81.6. The highest BCUT2D eigenvalue weighted by atomic mass is 16.4. The summed E-state index contributed by atoms with van der Waals surface area (Å²) in [6.07, 6.45) is 4.91. The fourth-order valence-corrected chi connectivity index (χ4v) is 6.80. The highest BCUT2D eigenvalue weighted by Crippen LogP contribution is 2.42. The summed E-state index contributed by atoms with van der Waals surface area (Å²) in [7, 11) is 0. The molecule has 0 aromatic heterocycles. The van der Waals surface area contributed by atoms with Crippen LogP contribution in [-0.2, 0) is 24.0 Å². The van der Waals surface area contributed by atoms with Gasteiger partial charge in [0, 0.05) is 30.3 Å². The molecule has 4 unspecified atom stereocenters. The summed E-state index contributed by atoms with van der Waals surface area (Å²) in [5.41, 5.74) is -3.40. The molecular weight excluding hydrogens is 624 g/mol. The predicted molar refractivity (Wildman–Crippen MR) is 193 cm³/mol. The van der Waals surface area contributed by atoms with E-state index in [9.17, 15) is 33.9 Å². The average molecular weight is 693 g/mol. The Morgan fingerprint density at radius 2 is 1.22 bits per heavy atom. The summed E-state index contributed by atoms with van der Waals surface area (Å²) < 4.78 is 0. The summed E-state index contributed by atoms with van der Waals surface area (Å²) in [5.74, 6) is -4.36. The van der Waals surface area contributed by atoms with E-state index >= 15 is 0 Å². The van der Waals surface area contributed by atoms with Crippen molar-refractivity contribution in [3.63, 3.8) is 0 Å². The fourth-order valence-electron chi connectivity index (χ4n) is 6.80. The maximum Gasteiger partial charge on any atom is 0.315 e. The lowest BCUT2D eigenvalue weighted by Gasteiger charge is -2.37. The van der Waals surface area contributed by atoms with Crippen molar-refractivity contribution in [3.8, 4) is 0 Å². The van der Waals surface area contributed by atoms with E-state index in [0.29, 0.717) is 19.3 Å². The van der Waals surface area contributed by atoms with E-state index in [1.165, 1.54) is 0 Å². The predicted octanol–water partition coefficient (Wildman–Crippen LogP) is 6.32. The highest BCUT2D eigenvalue weighted by Gasteiger charge is 2.53. The Morgan fingerprint density at radius 1 is 0.694 bits per heavy atom. The second kappa shape index (κ2) is 18.3. The second-order valence-electron chi connectivity index (χ2n) is 17.4. The maximum atomic E-state index is 14.2. The van der Waals surface area contributed by atoms with Crippen LogP contribution in [0.1, 0.15) is 154 Å². The molecule has 5 N–H and O–H groups in total. The first-order chi connectivity index (χ1) is 22.4. The van der Waals surface area contributed by atoms with Crippen molar-refractivity contribution in [1.82, 2.24) is 21.3 Å². The third-order valence-electron chi connectivity index (χ3n) is 9.95. The van der Waals surface area contributed by atoms with Gasteiger partial charge in [-0.05, 0) is 42.9 Å². The topological polar surface area (TPSA) is 171 Å². The highest BCUT2D eigenvalue weighted by molar-refractivity contribution is 5.98. The van der Waals surface area contributed by atoms with Crippen molar-refractivity contribution in [2.24, 2.45) is 27.6 Å². The molecule has 0 aromatic rings. The molecule has 0 aliphatic heterocycles. The van der Waals surface area contributed by atoms with Crippen molar-refractivity contribution >= 4 is 35.4 Å². The molecule has 11 nitrogen and oxygen atoms in total. The van der Waals surface area contributed by atoms with Crippen molar-refractivity contribution < 1.29 is 33.9 Å². The zero-order valence-corrected chi connectivity index (χ0v) is 32.6. The zero-order chi connectivity index (χ0) is 38.0. The van der Waals surface area contributed by atoms with Crippen molar-refractivity contribution in [3.05, 3.63) is 0 Å². The first-order valence-corrected chi connectivity index (χ1v) is 18.4. The van der Waals surface area contributed by atoms with Gasteiger partial charge in [-0.25, -0.2) is 4.79 Å². The molecule has 1 fully saturated rings. The van der Waals surface area contributed by atoms with Gasteiger partial charge in [0.2, 0.25) is 11.8 Å². The Morgan fingerprint density at radius 3 is 1.63 bits per heavy atom. The molecule has 282 valence electrons. The van der Waals surface area contributed by atoms with Crippen molar-refractivity contribution in [1.29, 1.82) is 0 Å². The van der Waals surface area contributed by atoms with Crippen LogP contribution in [0, 0.1) is 27.6 Å². The molecule has 0 aromatic carbocycles. The molecule has 0 spiro atoms. The van der Waals surface area contributed by atoms with Crippen molar-refractivity contribution in [2.45, 2.75) is 178 Å². The van der Waals surface area contributed by atoms with Gasteiger partial charge in [0.05, 0.1) is 17.4 Å². The van der Waals surface area contributed by atoms with Gasteiger partial charge >= 0.3 is 12.0 Å². The Hall–Kier alpha value is -2.98. The molecule has 1 rings (SSSR count). The number of carbonyl (C=O) groups excluding carboxylic acids is 5. The number of nitrogens with one attached hydrogen (secondary N) is 4. The Balaban J connectivity index is 3.53. The quantitative estimate of drug-likeness (QED) is 0.112. The molecule has 49 heavy (non-hydrogen) atoms. The lowest BCUT2D eigenvalue weighted by molar-refractivity contribution is -0.155. The van der Waals surface area contributed by atoms with E-state index < -0.39 is 63.8 Å². The molecule has 0 saturated heterocycles. The second-order valence-corrected chi connectivity index (χ2v) is 17.4. The molecule has 0 heterocycles. The number of carboxylic acids is 1. The van der Waals surface area contributed by atoms with Gasteiger partial charge in [-0.2, -0.15) is 0 Å². The minimum absolute atomic E-state index is 0.0422. The standard InChI is InChI=1S/C38H68N4O7/c1-13-18-25(19-14-2)39-34(49)42-29(37(10,11)12)26(43)22-24(23-28(44)36(7,8)9)31(45)41-30(38(33(47)48)20-16-17-21-38)32(46)40-27(15-3)35(4,5)6/h24-25,27,29-30H,13-23H2,1-12H3,(H,40,46)(H,41,45)(H,47,48)(H2,39,42,49). The normalized spacial score (nSPS) is 17.4. The monoisotopic (exact) mass is 693 g/mol. The van der Waals surface area contributed by atoms with Crippen LogP contribution in [0.5, 0.6) is 0 Å². The number of carbonyl (C=O) groups is 6. The average Bonchev–Trinajstić information content (AvgIpc) is 3.46. The number of carboxylic acid groups (broad SMARTS) is 1. The van der Waals surface area contributed by atoms with Crippen LogP contribution in [0.25, 0.3) is 0 Å². The molecule has 4 amide bonds. The van der Waals surface area contributed by atoms with Crippen LogP contribution in [0.15, 0.2) is 0 Å². The summed E-state index contributed by atoms with van der Waals surface area (Å²) >= 11 is 0.